The van der Waals surface area contributed by atoms with Crippen molar-refractivity contribution in [2.45, 2.75) is 399 Å². The normalized spacial score (nSPS) is 13.0. The molecule has 0 amide bonds. The molecule has 542 valence electrons. The maximum absolute atomic E-state index is 13.0. The van der Waals surface area contributed by atoms with Gasteiger partial charge in [-0.15, -0.1) is 0 Å². The predicted molar refractivity (Wildman–Crippen MR) is 398 cm³/mol. The highest BCUT2D eigenvalue weighted by molar-refractivity contribution is 5.70. The van der Waals surface area contributed by atoms with Gasteiger partial charge in [-0.1, -0.05) is 363 Å². The summed E-state index contributed by atoms with van der Waals surface area (Å²) >= 11 is 0. The molecule has 0 bridgehead atoms. The maximum Gasteiger partial charge on any atom is 0.306 e. The van der Waals surface area contributed by atoms with Crippen molar-refractivity contribution in [3.8, 4) is 0 Å². The lowest BCUT2D eigenvalue weighted by atomic mass is 10.0. The average Bonchev–Trinajstić information content (AvgIpc) is 3.38. The van der Waals surface area contributed by atoms with Crippen LogP contribution >= 0.6 is 0 Å². The second kappa shape index (κ2) is 74.5. The first kappa shape index (κ1) is 89.7. The molecule has 0 fully saturated rings. The second-order valence-electron chi connectivity index (χ2n) is 28.3. The maximum atomic E-state index is 13.0. The van der Waals surface area contributed by atoms with Crippen molar-refractivity contribution in [3.63, 3.8) is 0 Å². The molecule has 0 aliphatic rings. The van der Waals surface area contributed by atoms with E-state index in [0.29, 0.717) is 23.9 Å². The molecular formula is C84H153NO8. The third kappa shape index (κ3) is 76.0. The van der Waals surface area contributed by atoms with Crippen LogP contribution in [0.15, 0.2) is 72.9 Å². The van der Waals surface area contributed by atoms with E-state index in [4.69, 9.17) is 18.9 Å². The van der Waals surface area contributed by atoms with Gasteiger partial charge in [0.05, 0.1) is 40.3 Å². The van der Waals surface area contributed by atoms with Gasteiger partial charge < -0.3 is 33.3 Å². The van der Waals surface area contributed by atoms with Gasteiger partial charge in [-0.3, -0.25) is 9.59 Å². The van der Waals surface area contributed by atoms with E-state index in [1.807, 2.05) is 21.1 Å². The van der Waals surface area contributed by atoms with Crippen molar-refractivity contribution in [1.29, 1.82) is 0 Å². The smallest absolute Gasteiger partial charge is 0.306 e. The number of unbranched alkanes of at least 4 members (excludes halogenated alkanes) is 48. The number of hydrogen-bond acceptors (Lipinski definition) is 8. The standard InChI is InChI=1S/C84H153NO8/c1-6-8-10-12-14-16-18-20-22-24-26-28-30-32-34-36-38-39-40-41-42-43-45-46-48-50-52-54-56-58-60-62-64-66-68-70-72-74-81(86)91-78-80(79-92-84(83(88)89)90-77-76-85(3,4)5)93-82(87)75-73-71-69-67-65-63-61-59-57-55-53-51-49-47-44-37-35-33-31-29-27-25-23-21-19-17-15-13-11-9-7-2/h9,11,15,17,21,23-24,26-27,29,33,35,80,84H,6-8,10,12-14,16,18-20,22,25,28,30-32,34,36-79H2,1-5H3/b11-9-,17-15-,23-21-,26-24-,29-27-,35-33-. The zero-order chi connectivity index (χ0) is 67.5. The molecule has 2 unspecified atom stereocenters. The van der Waals surface area contributed by atoms with E-state index in [1.165, 1.54) is 289 Å². The van der Waals surface area contributed by atoms with Crippen molar-refractivity contribution in [2.24, 2.45) is 0 Å². The molecule has 0 radical (unpaired) electrons. The van der Waals surface area contributed by atoms with Crippen LogP contribution in [-0.4, -0.2) is 82.3 Å². The SMILES string of the molecule is CC/C=C\C/C=C\C/C=C\C/C=C\C/C=C\CCCCCCCCCCCCCCCCCC(=O)OC(COC(=O)CCCCCCCCCCCCCCCCCCCCCCCCCCC/C=C\CCCCCCCCCC)COC(OCC[N+](C)(C)C)C(=O)[O-]. The van der Waals surface area contributed by atoms with Crippen LogP contribution in [0.1, 0.15) is 386 Å². The zero-order valence-corrected chi connectivity index (χ0v) is 62.1. The summed E-state index contributed by atoms with van der Waals surface area (Å²) in [6.07, 6.45) is 97.5. The lowest BCUT2D eigenvalue weighted by Gasteiger charge is -2.26. The second-order valence-corrected chi connectivity index (χ2v) is 28.3. The van der Waals surface area contributed by atoms with Gasteiger partial charge in [0.25, 0.3) is 0 Å². The van der Waals surface area contributed by atoms with E-state index in [2.05, 4.69) is 86.8 Å². The first-order chi connectivity index (χ1) is 45.6. The molecule has 0 saturated heterocycles. The number of quaternary nitrogens is 1. The first-order valence-corrected chi connectivity index (χ1v) is 40.1. The van der Waals surface area contributed by atoms with E-state index in [0.717, 1.165) is 64.2 Å². The summed E-state index contributed by atoms with van der Waals surface area (Å²) in [7, 11) is 5.95. The number of carboxylic acids is 1. The molecule has 0 aromatic carbocycles. The van der Waals surface area contributed by atoms with Gasteiger partial charge >= 0.3 is 11.9 Å². The highest BCUT2D eigenvalue weighted by Gasteiger charge is 2.22. The van der Waals surface area contributed by atoms with Gasteiger partial charge in [-0.2, -0.15) is 0 Å². The molecule has 0 saturated carbocycles. The predicted octanol–water partition coefficient (Wildman–Crippen LogP) is 24.3. The quantitative estimate of drug-likeness (QED) is 0.0195. The van der Waals surface area contributed by atoms with E-state index >= 15 is 0 Å². The number of hydrogen-bond donors (Lipinski definition) is 0. The molecule has 9 nitrogen and oxygen atoms in total. The zero-order valence-electron chi connectivity index (χ0n) is 62.1. The van der Waals surface area contributed by atoms with Crippen molar-refractivity contribution in [1.82, 2.24) is 0 Å². The monoisotopic (exact) mass is 1300 g/mol. The minimum absolute atomic E-state index is 0.148. The summed E-state index contributed by atoms with van der Waals surface area (Å²) < 4.78 is 22.9. The number of carboxylic acid groups (broad SMARTS) is 1. The summed E-state index contributed by atoms with van der Waals surface area (Å²) in [5.41, 5.74) is 0. The lowest BCUT2D eigenvalue weighted by molar-refractivity contribution is -0.870. The van der Waals surface area contributed by atoms with Gasteiger partial charge in [0.15, 0.2) is 12.4 Å². The fraction of sp³-hybridized carbons (Fsp3) is 0.821. The number of aliphatic carboxylic acids is 1. The summed E-state index contributed by atoms with van der Waals surface area (Å²) in [5, 5.41) is 11.9. The Hall–Kier alpha value is -3.27. The topological polar surface area (TPSA) is 111 Å². The number of nitrogens with zero attached hydrogens (tertiary/aromatic N) is 1. The fourth-order valence-corrected chi connectivity index (χ4v) is 11.9. The van der Waals surface area contributed by atoms with E-state index in [-0.39, 0.29) is 32.2 Å². The molecule has 0 aromatic heterocycles. The van der Waals surface area contributed by atoms with E-state index in [9.17, 15) is 19.5 Å². The summed E-state index contributed by atoms with van der Waals surface area (Å²) in [6.45, 7) is 4.69. The first-order valence-electron chi connectivity index (χ1n) is 40.1. The third-order valence-corrected chi connectivity index (χ3v) is 17.9. The molecule has 0 aliphatic carbocycles. The lowest BCUT2D eigenvalue weighted by Crippen LogP contribution is -2.44. The molecule has 9 heteroatoms. The van der Waals surface area contributed by atoms with Gasteiger partial charge in [0.2, 0.25) is 0 Å². The van der Waals surface area contributed by atoms with Crippen LogP contribution in [0.3, 0.4) is 0 Å². The van der Waals surface area contributed by atoms with Crippen molar-refractivity contribution in [3.05, 3.63) is 72.9 Å². The summed E-state index contributed by atoms with van der Waals surface area (Å²) in [4.78, 5) is 37.6. The molecule has 0 heterocycles. The molecule has 0 rings (SSSR count). The summed E-state index contributed by atoms with van der Waals surface area (Å²) in [5.74, 6) is -2.26. The number of carbonyl (C=O) groups is 3. The van der Waals surface area contributed by atoms with Crippen LogP contribution in [0.5, 0.6) is 0 Å². The minimum atomic E-state index is -1.62. The average molecular weight is 1310 g/mol. The molecule has 0 aliphatic heterocycles. The number of rotatable bonds is 75. The molecule has 93 heavy (non-hydrogen) atoms. The number of allylic oxidation sites excluding steroid dienone is 12. The molecule has 2 atom stereocenters. The Labute approximate surface area is 577 Å². The van der Waals surface area contributed by atoms with Crippen LogP contribution < -0.4 is 5.11 Å². The largest absolute Gasteiger partial charge is 0.545 e. The number of ether oxygens (including phenoxy) is 4. The molecular weight excluding hydrogens is 1150 g/mol. The van der Waals surface area contributed by atoms with Crippen molar-refractivity contribution in [2.75, 3.05) is 47.5 Å². The molecule has 0 aromatic rings. The van der Waals surface area contributed by atoms with E-state index < -0.39 is 24.3 Å². The Morgan fingerprint density at radius 1 is 0.333 bits per heavy atom. The Morgan fingerprint density at radius 3 is 0.925 bits per heavy atom. The van der Waals surface area contributed by atoms with Crippen LogP contribution in [0, 0.1) is 0 Å². The Morgan fingerprint density at radius 2 is 0.613 bits per heavy atom. The Bertz CT molecular complexity index is 1760. The third-order valence-electron chi connectivity index (χ3n) is 17.9. The highest BCUT2D eigenvalue weighted by Crippen LogP contribution is 2.19. The van der Waals surface area contributed by atoms with Gasteiger partial charge in [0.1, 0.15) is 13.2 Å². The van der Waals surface area contributed by atoms with Gasteiger partial charge in [-0.25, -0.2) is 0 Å². The van der Waals surface area contributed by atoms with Crippen molar-refractivity contribution >= 4 is 17.9 Å². The molecule has 0 N–H and O–H groups in total. The highest BCUT2D eigenvalue weighted by atomic mass is 16.7. The fourth-order valence-electron chi connectivity index (χ4n) is 11.9. The summed E-state index contributed by atoms with van der Waals surface area (Å²) in [6, 6.07) is 0. The minimum Gasteiger partial charge on any atom is -0.545 e. The van der Waals surface area contributed by atoms with Crippen molar-refractivity contribution < 1.29 is 42.9 Å². The van der Waals surface area contributed by atoms with Crippen LogP contribution in [-0.2, 0) is 33.3 Å². The number of esters is 2. The Kier molecular flexibility index (Phi) is 71.9. The van der Waals surface area contributed by atoms with Gasteiger partial charge in [0, 0.05) is 12.8 Å². The van der Waals surface area contributed by atoms with E-state index in [1.54, 1.807) is 0 Å². The Balaban J connectivity index is 3.98. The van der Waals surface area contributed by atoms with Gasteiger partial charge in [-0.05, 0) is 83.5 Å². The number of carbonyl (C=O) groups excluding carboxylic acids is 3. The van der Waals surface area contributed by atoms with Crippen LogP contribution in [0.4, 0.5) is 0 Å². The molecule has 0 spiro atoms. The van der Waals surface area contributed by atoms with Crippen LogP contribution in [0.25, 0.3) is 0 Å². The van der Waals surface area contributed by atoms with Crippen LogP contribution in [0.2, 0.25) is 0 Å². The number of likely N-dealkylation sites (N-methyl/N-ethyl adjacent to an activating group) is 1.